The van der Waals surface area contributed by atoms with Crippen molar-refractivity contribution in [2.24, 2.45) is 0 Å². The molecule has 2 aromatic heterocycles. The van der Waals surface area contributed by atoms with Gasteiger partial charge in [-0.2, -0.15) is 0 Å². The summed E-state index contributed by atoms with van der Waals surface area (Å²) in [6.45, 7) is 4.40. The number of anilines is 2. The molecule has 1 unspecified atom stereocenters. The van der Waals surface area contributed by atoms with Gasteiger partial charge in [-0.3, -0.25) is 0 Å². The summed E-state index contributed by atoms with van der Waals surface area (Å²) in [5.41, 5.74) is 7.55. The number of aromatic nitrogens is 1. The molecule has 5 N–H and O–H groups in total. The Hall–Kier alpha value is -3.08. The van der Waals surface area contributed by atoms with Crippen LogP contribution in [0.15, 0.2) is 30.3 Å². The second-order valence-electron chi connectivity index (χ2n) is 9.03. The standard InChI is InChI=1S/C26H34N4O5S/c1-3-5-16-12-21(29-25-22(16)23(27)24(36-25)26(32)33)30-10-8-17(9-11-30)28-14-18(31)15-35-20-7-4-6-19(13-20)34-2/h4,6-7,12-13,17-18,28,31H,3,5,8-11,14-15,27H2,1-2H3,(H,32,33). The summed E-state index contributed by atoms with van der Waals surface area (Å²) in [5, 5.41) is 24.1. The Morgan fingerprint density at radius 1 is 1.31 bits per heavy atom. The van der Waals surface area contributed by atoms with E-state index in [1.807, 2.05) is 18.2 Å². The van der Waals surface area contributed by atoms with E-state index in [-0.39, 0.29) is 11.5 Å². The first-order chi connectivity index (χ1) is 17.4. The average Bonchev–Trinajstić information content (AvgIpc) is 3.23. The number of aryl methyl sites for hydroxylation is 1. The van der Waals surface area contributed by atoms with Gasteiger partial charge in [-0.15, -0.1) is 11.3 Å². The molecule has 1 atom stereocenters. The molecule has 1 fully saturated rings. The number of rotatable bonds is 11. The number of pyridine rings is 1. The maximum Gasteiger partial charge on any atom is 0.348 e. The predicted molar refractivity (Wildman–Crippen MR) is 143 cm³/mol. The van der Waals surface area contributed by atoms with Crippen molar-refractivity contribution in [2.45, 2.75) is 44.8 Å². The number of methoxy groups -OCH3 is 1. The first-order valence-corrected chi connectivity index (χ1v) is 13.1. The van der Waals surface area contributed by atoms with Crippen LogP contribution in [0.3, 0.4) is 0 Å². The summed E-state index contributed by atoms with van der Waals surface area (Å²) in [5.74, 6) is 1.24. The minimum Gasteiger partial charge on any atom is -0.497 e. The van der Waals surface area contributed by atoms with E-state index >= 15 is 0 Å². The number of carboxylic acids is 1. The van der Waals surface area contributed by atoms with E-state index in [0.717, 1.165) is 66.9 Å². The van der Waals surface area contributed by atoms with E-state index in [9.17, 15) is 15.0 Å². The highest BCUT2D eigenvalue weighted by molar-refractivity contribution is 7.21. The summed E-state index contributed by atoms with van der Waals surface area (Å²) < 4.78 is 10.9. The number of aliphatic hydroxyl groups is 1. The molecule has 194 valence electrons. The van der Waals surface area contributed by atoms with Gasteiger partial charge in [-0.1, -0.05) is 19.4 Å². The molecular weight excluding hydrogens is 480 g/mol. The van der Waals surface area contributed by atoms with Crippen LogP contribution in [0.1, 0.15) is 41.4 Å². The molecule has 9 nitrogen and oxygen atoms in total. The van der Waals surface area contributed by atoms with Gasteiger partial charge in [0, 0.05) is 37.1 Å². The van der Waals surface area contributed by atoms with Crippen LogP contribution in [0, 0.1) is 0 Å². The van der Waals surface area contributed by atoms with Gasteiger partial charge in [-0.05, 0) is 43.0 Å². The molecule has 1 aliphatic heterocycles. The van der Waals surface area contributed by atoms with Crippen LogP contribution in [0.5, 0.6) is 11.5 Å². The van der Waals surface area contributed by atoms with Crippen LogP contribution < -0.4 is 25.4 Å². The van der Waals surface area contributed by atoms with Gasteiger partial charge in [-0.25, -0.2) is 9.78 Å². The van der Waals surface area contributed by atoms with E-state index < -0.39 is 12.1 Å². The molecule has 0 aliphatic carbocycles. The number of piperidine rings is 1. The fourth-order valence-electron chi connectivity index (χ4n) is 4.53. The molecule has 0 bridgehead atoms. The van der Waals surface area contributed by atoms with Crippen molar-refractivity contribution < 1.29 is 24.5 Å². The van der Waals surface area contributed by atoms with Gasteiger partial charge >= 0.3 is 5.97 Å². The first kappa shape index (κ1) is 26.0. The summed E-state index contributed by atoms with van der Waals surface area (Å²) in [6.07, 6.45) is 2.97. The second-order valence-corrected chi connectivity index (χ2v) is 10.0. The Bertz CT molecular complexity index is 1190. The molecule has 3 aromatic rings. The number of thiophene rings is 1. The molecule has 0 radical (unpaired) electrons. The quantitative estimate of drug-likeness (QED) is 0.303. The Labute approximate surface area is 214 Å². The molecule has 10 heteroatoms. The molecule has 3 heterocycles. The minimum atomic E-state index is -1.01. The highest BCUT2D eigenvalue weighted by Gasteiger charge is 2.24. The molecule has 1 aromatic carbocycles. The lowest BCUT2D eigenvalue weighted by Crippen LogP contribution is -2.45. The van der Waals surface area contributed by atoms with E-state index in [2.05, 4.69) is 23.2 Å². The lowest BCUT2D eigenvalue weighted by atomic mass is 10.0. The third kappa shape index (κ3) is 6.00. The van der Waals surface area contributed by atoms with E-state index in [1.54, 1.807) is 13.2 Å². The number of nitrogens with one attached hydrogen (secondary N) is 1. The molecule has 0 saturated carbocycles. The van der Waals surface area contributed by atoms with Gasteiger partial charge in [0.15, 0.2) is 0 Å². The zero-order chi connectivity index (χ0) is 25.7. The van der Waals surface area contributed by atoms with E-state index in [4.69, 9.17) is 20.2 Å². The Morgan fingerprint density at radius 3 is 2.75 bits per heavy atom. The maximum absolute atomic E-state index is 11.6. The van der Waals surface area contributed by atoms with E-state index in [0.29, 0.717) is 34.6 Å². The first-order valence-electron chi connectivity index (χ1n) is 12.3. The zero-order valence-electron chi connectivity index (χ0n) is 20.7. The van der Waals surface area contributed by atoms with Crippen molar-refractivity contribution in [1.82, 2.24) is 10.3 Å². The fourth-order valence-corrected chi connectivity index (χ4v) is 5.50. The number of aliphatic hydroxyl groups excluding tert-OH is 1. The summed E-state index contributed by atoms with van der Waals surface area (Å²) in [7, 11) is 1.61. The van der Waals surface area contributed by atoms with Gasteiger partial charge < -0.3 is 35.6 Å². The largest absolute Gasteiger partial charge is 0.497 e. The molecule has 4 rings (SSSR count). The second kappa shape index (κ2) is 11.8. The number of benzene rings is 1. The van der Waals surface area contributed by atoms with Crippen molar-refractivity contribution in [3.8, 4) is 11.5 Å². The van der Waals surface area contributed by atoms with Crippen LogP contribution in [-0.2, 0) is 6.42 Å². The molecule has 1 aliphatic rings. The number of nitrogen functional groups attached to an aromatic ring is 1. The lowest BCUT2D eigenvalue weighted by Gasteiger charge is -2.34. The Kier molecular flexibility index (Phi) is 8.50. The SMILES string of the molecule is CCCc1cc(N2CCC(NCC(O)COc3cccc(OC)c3)CC2)nc2sc(C(=O)O)c(N)c12. The fraction of sp³-hybridized carbons (Fsp3) is 0.462. The van der Waals surface area contributed by atoms with Crippen LogP contribution in [0.4, 0.5) is 11.5 Å². The smallest absolute Gasteiger partial charge is 0.348 e. The zero-order valence-corrected chi connectivity index (χ0v) is 21.5. The monoisotopic (exact) mass is 514 g/mol. The number of hydrogen-bond donors (Lipinski definition) is 4. The van der Waals surface area contributed by atoms with Crippen molar-refractivity contribution in [3.05, 3.63) is 40.8 Å². The van der Waals surface area contributed by atoms with Crippen LogP contribution in [0.25, 0.3) is 10.2 Å². The van der Waals surface area contributed by atoms with Crippen LogP contribution >= 0.6 is 11.3 Å². The van der Waals surface area contributed by atoms with Crippen molar-refractivity contribution in [1.29, 1.82) is 0 Å². The average molecular weight is 515 g/mol. The minimum absolute atomic E-state index is 0.156. The number of carbonyl (C=O) groups is 1. The van der Waals surface area contributed by atoms with E-state index in [1.165, 1.54) is 0 Å². The van der Waals surface area contributed by atoms with Crippen molar-refractivity contribution in [3.63, 3.8) is 0 Å². The maximum atomic E-state index is 11.6. The third-order valence-electron chi connectivity index (χ3n) is 6.43. The van der Waals surface area contributed by atoms with Gasteiger partial charge in [0.2, 0.25) is 0 Å². The molecule has 36 heavy (non-hydrogen) atoms. The van der Waals surface area contributed by atoms with Crippen molar-refractivity contribution >= 4 is 39.0 Å². The number of aromatic carboxylic acids is 1. The number of nitrogens with two attached hydrogens (primary N) is 1. The normalized spacial score (nSPS) is 15.2. The highest BCUT2D eigenvalue weighted by atomic mass is 32.1. The predicted octanol–water partition coefficient (Wildman–Crippen LogP) is 3.54. The summed E-state index contributed by atoms with van der Waals surface area (Å²) in [4.78, 5) is 19.5. The number of nitrogens with zero attached hydrogens (tertiary/aromatic N) is 2. The Balaban J connectivity index is 1.32. The van der Waals surface area contributed by atoms with Gasteiger partial charge in [0.1, 0.15) is 39.7 Å². The molecule has 1 saturated heterocycles. The summed E-state index contributed by atoms with van der Waals surface area (Å²) in [6, 6.07) is 9.68. The topological polar surface area (TPSA) is 130 Å². The van der Waals surface area contributed by atoms with Crippen molar-refractivity contribution in [2.75, 3.05) is 44.0 Å². The molecule has 0 amide bonds. The van der Waals surface area contributed by atoms with Crippen LogP contribution in [0.2, 0.25) is 0 Å². The number of hydrogen-bond acceptors (Lipinski definition) is 9. The number of fused-ring (bicyclic) bond motifs is 1. The number of carboxylic acid groups (broad SMARTS) is 1. The lowest BCUT2D eigenvalue weighted by molar-refractivity contribution is 0.0703. The highest BCUT2D eigenvalue weighted by Crippen LogP contribution is 2.37. The molecule has 0 spiro atoms. The Morgan fingerprint density at radius 2 is 2.06 bits per heavy atom. The number of ether oxygens (including phenoxy) is 2. The van der Waals surface area contributed by atoms with Gasteiger partial charge in [0.25, 0.3) is 0 Å². The third-order valence-corrected chi connectivity index (χ3v) is 7.51. The summed E-state index contributed by atoms with van der Waals surface area (Å²) >= 11 is 1.15. The molecular formula is C26H34N4O5S. The van der Waals surface area contributed by atoms with Gasteiger partial charge in [0.05, 0.1) is 12.8 Å². The van der Waals surface area contributed by atoms with Crippen LogP contribution in [-0.4, -0.2) is 66.7 Å².